The molecule has 1 heterocycles. The van der Waals surface area contributed by atoms with Crippen LogP contribution in [0.2, 0.25) is 0 Å². The lowest BCUT2D eigenvalue weighted by atomic mass is 10.4. The Balaban J connectivity index is 2.06. The van der Waals surface area contributed by atoms with Crippen LogP contribution in [0.1, 0.15) is 19.8 Å². The maximum absolute atomic E-state index is 4.26. The topological polar surface area (TPSA) is 17.3 Å². The fourth-order valence-corrected chi connectivity index (χ4v) is 1.04. The summed E-state index contributed by atoms with van der Waals surface area (Å²) in [5.74, 6) is 0. The smallest absolute Gasteiger partial charge is 0.0196 e. The van der Waals surface area contributed by atoms with E-state index in [0.29, 0.717) is 0 Å². The van der Waals surface area contributed by atoms with E-state index in [0.717, 1.165) is 6.54 Å². The fraction of sp³-hybridized carbons (Fsp3) is 1.00. The Morgan fingerprint density at radius 3 is 2.50 bits per heavy atom. The van der Waals surface area contributed by atoms with Gasteiger partial charge in [-0.3, -0.25) is 0 Å². The van der Waals surface area contributed by atoms with Crippen LogP contribution in [0.5, 0.6) is 0 Å². The van der Waals surface area contributed by atoms with Gasteiger partial charge < -0.3 is 10.4 Å². The molecule has 0 radical (unpaired) electrons. The standard InChI is InChI=1S/C6H13N2/c1-2-7-8-5-3-4-6-8/h2-6H2,1H3/q-1. The van der Waals surface area contributed by atoms with Crippen molar-refractivity contribution < 1.29 is 0 Å². The molecule has 0 saturated carbocycles. The Morgan fingerprint density at radius 2 is 2.00 bits per heavy atom. The van der Waals surface area contributed by atoms with Crippen molar-refractivity contribution in [2.45, 2.75) is 19.8 Å². The van der Waals surface area contributed by atoms with Crippen LogP contribution in [0.25, 0.3) is 5.43 Å². The second-order valence-corrected chi connectivity index (χ2v) is 2.12. The first-order valence-corrected chi connectivity index (χ1v) is 3.36. The molecule has 0 aliphatic carbocycles. The van der Waals surface area contributed by atoms with Crippen molar-refractivity contribution in [3.8, 4) is 0 Å². The largest absolute Gasteiger partial charge is 0.595 e. The van der Waals surface area contributed by atoms with E-state index >= 15 is 0 Å². The highest BCUT2D eigenvalue weighted by Crippen LogP contribution is 2.10. The quantitative estimate of drug-likeness (QED) is 0.529. The third-order valence-corrected chi connectivity index (χ3v) is 1.42. The lowest BCUT2D eigenvalue weighted by Crippen LogP contribution is -2.13. The van der Waals surface area contributed by atoms with Crippen molar-refractivity contribution in [1.82, 2.24) is 5.01 Å². The van der Waals surface area contributed by atoms with Gasteiger partial charge in [0, 0.05) is 0 Å². The van der Waals surface area contributed by atoms with E-state index in [4.69, 9.17) is 0 Å². The first kappa shape index (κ1) is 6.05. The zero-order chi connectivity index (χ0) is 5.82. The highest BCUT2D eigenvalue weighted by Gasteiger charge is 2.00. The average Bonchev–Trinajstić information content (AvgIpc) is 2.19. The number of rotatable bonds is 2. The van der Waals surface area contributed by atoms with Crippen molar-refractivity contribution in [3.63, 3.8) is 0 Å². The molecule has 2 nitrogen and oxygen atoms in total. The summed E-state index contributed by atoms with van der Waals surface area (Å²) in [6.07, 6.45) is 2.67. The summed E-state index contributed by atoms with van der Waals surface area (Å²) in [7, 11) is 0. The third-order valence-electron chi connectivity index (χ3n) is 1.42. The maximum Gasteiger partial charge on any atom is -0.0196 e. The van der Waals surface area contributed by atoms with Gasteiger partial charge in [0.1, 0.15) is 0 Å². The van der Waals surface area contributed by atoms with E-state index in [9.17, 15) is 0 Å². The van der Waals surface area contributed by atoms with Crippen molar-refractivity contribution in [1.29, 1.82) is 0 Å². The van der Waals surface area contributed by atoms with Crippen molar-refractivity contribution >= 4 is 0 Å². The molecule has 0 aromatic heterocycles. The number of hydrogen-bond acceptors (Lipinski definition) is 1. The molecule has 8 heavy (non-hydrogen) atoms. The van der Waals surface area contributed by atoms with Crippen LogP contribution in [0.15, 0.2) is 0 Å². The zero-order valence-electron chi connectivity index (χ0n) is 5.43. The number of nitrogens with zero attached hydrogens (tertiary/aromatic N) is 2. The van der Waals surface area contributed by atoms with E-state index < -0.39 is 0 Å². The zero-order valence-corrected chi connectivity index (χ0v) is 5.43. The molecule has 0 bridgehead atoms. The summed E-state index contributed by atoms with van der Waals surface area (Å²) in [5, 5.41) is 2.17. The highest BCUT2D eigenvalue weighted by atomic mass is 15.5. The predicted octanol–water partition coefficient (Wildman–Crippen LogP) is 1.39. The van der Waals surface area contributed by atoms with Gasteiger partial charge in [0.2, 0.25) is 0 Å². The molecule has 1 fully saturated rings. The Hall–Kier alpha value is -0.0800. The van der Waals surface area contributed by atoms with Crippen LogP contribution >= 0.6 is 0 Å². The molecule has 1 saturated heterocycles. The van der Waals surface area contributed by atoms with E-state index in [2.05, 4.69) is 17.4 Å². The summed E-state index contributed by atoms with van der Waals surface area (Å²) in [6, 6.07) is 0. The Kier molecular flexibility index (Phi) is 2.30. The molecule has 0 amide bonds. The molecule has 0 aromatic carbocycles. The summed E-state index contributed by atoms with van der Waals surface area (Å²) < 4.78 is 0. The summed E-state index contributed by atoms with van der Waals surface area (Å²) in [5.41, 5.74) is 4.26. The monoisotopic (exact) mass is 113 g/mol. The maximum atomic E-state index is 4.26. The van der Waals surface area contributed by atoms with Crippen LogP contribution in [0.4, 0.5) is 0 Å². The third kappa shape index (κ3) is 1.46. The summed E-state index contributed by atoms with van der Waals surface area (Å²) >= 11 is 0. The minimum Gasteiger partial charge on any atom is -0.595 e. The van der Waals surface area contributed by atoms with Gasteiger partial charge in [-0.15, -0.1) is 6.54 Å². The minimum atomic E-state index is 0.944. The molecule has 1 rings (SSSR count). The van der Waals surface area contributed by atoms with E-state index in [1.165, 1.54) is 25.9 Å². The van der Waals surface area contributed by atoms with Crippen LogP contribution in [0, 0.1) is 0 Å². The first-order chi connectivity index (χ1) is 3.93. The van der Waals surface area contributed by atoms with Crippen LogP contribution < -0.4 is 0 Å². The normalized spacial score (nSPS) is 22.1. The van der Waals surface area contributed by atoms with Crippen molar-refractivity contribution in [2.24, 2.45) is 0 Å². The molecular formula is C6H13N2-. The van der Waals surface area contributed by atoms with E-state index in [1.807, 2.05) is 0 Å². The van der Waals surface area contributed by atoms with E-state index in [-0.39, 0.29) is 0 Å². The molecule has 2 heteroatoms. The Morgan fingerprint density at radius 1 is 1.38 bits per heavy atom. The lowest BCUT2D eigenvalue weighted by Gasteiger charge is -2.30. The van der Waals surface area contributed by atoms with Gasteiger partial charge in [-0.25, -0.2) is 0 Å². The lowest BCUT2D eigenvalue weighted by molar-refractivity contribution is 0.425. The minimum absolute atomic E-state index is 0.944. The van der Waals surface area contributed by atoms with Gasteiger partial charge in [-0.1, -0.05) is 6.92 Å². The van der Waals surface area contributed by atoms with Crippen LogP contribution in [-0.4, -0.2) is 24.6 Å². The summed E-state index contributed by atoms with van der Waals surface area (Å²) in [6.45, 7) is 5.40. The molecule has 0 unspecified atom stereocenters. The van der Waals surface area contributed by atoms with Crippen LogP contribution in [-0.2, 0) is 0 Å². The van der Waals surface area contributed by atoms with Crippen LogP contribution in [0.3, 0.4) is 0 Å². The number of hydrogen-bond donors (Lipinski definition) is 0. The van der Waals surface area contributed by atoms with E-state index in [1.54, 1.807) is 0 Å². The fourth-order valence-electron chi connectivity index (χ4n) is 1.04. The second kappa shape index (κ2) is 3.05. The van der Waals surface area contributed by atoms with Gasteiger partial charge in [0.15, 0.2) is 0 Å². The van der Waals surface area contributed by atoms with Gasteiger partial charge in [0.05, 0.1) is 0 Å². The SMILES string of the molecule is CC[N-]N1CCCC1. The van der Waals surface area contributed by atoms with Gasteiger partial charge in [-0.05, 0) is 25.9 Å². The van der Waals surface area contributed by atoms with Gasteiger partial charge in [0.25, 0.3) is 0 Å². The molecule has 1 aliphatic heterocycles. The average molecular weight is 113 g/mol. The molecule has 0 N–H and O–H groups in total. The molecule has 1 aliphatic rings. The molecule has 0 atom stereocenters. The first-order valence-electron chi connectivity index (χ1n) is 3.36. The second-order valence-electron chi connectivity index (χ2n) is 2.12. The summed E-state index contributed by atoms with van der Waals surface area (Å²) in [4.78, 5) is 0. The molecular weight excluding hydrogens is 100 g/mol. The molecule has 0 spiro atoms. The van der Waals surface area contributed by atoms with Crippen molar-refractivity contribution in [2.75, 3.05) is 19.6 Å². The Bertz CT molecular complexity index is 57.5. The van der Waals surface area contributed by atoms with Crippen molar-refractivity contribution in [3.05, 3.63) is 5.43 Å². The highest BCUT2D eigenvalue weighted by molar-refractivity contribution is 4.77. The van der Waals surface area contributed by atoms with Gasteiger partial charge >= 0.3 is 0 Å². The van der Waals surface area contributed by atoms with Gasteiger partial charge in [-0.2, -0.15) is 0 Å². The molecule has 48 valence electrons. The Labute approximate surface area is 50.8 Å². The molecule has 0 aromatic rings. The predicted molar refractivity (Wildman–Crippen MR) is 34.7 cm³/mol.